The van der Waals surface area contributed by atoms with Crippen LogP contribution in [0.15, 0.2) is 18.2 Å². The minimum Gasteiger partial charge on any atom is -0.0628 e. The van der Waals surface area contributed by atoms with Crippen LogP contribution < -0.4 is 0 Å². The van der Waals surface area contributed by atoms with Crippen LogP contribution in [0.4, 0.5) is 0 Å². The van der Waals surface area contributed by atoms with Crippen LogP contribution in [0.5, 0.6) is 0 Å². The molecule has 16 heavy (non-hydrogen) atoms. The molecule has 0 spiro atoms. The highest BCUT2D eigenvalue weighted by Crippen LogP contribution is 2.33. The summed E-state index contributed by atoms with van der Waals surface area (Å²) in [6.45, 7) is 13.7. The van der Waals surface area contributed by atoms with E-state index in [1.54, 1.807) is 5.56 Å². The lowest BCUT2D eigenvalue weighted by Gasteiger charge is -2.25. The molecule has 1 rings (SSSR count). The number of aryl methyl sites for hydroxylation is 2. The molecule has 1 aromatic rings. The second-order valence-electron chi connectivity index (χ2n) is 5.84. The lowest BCUT2D eigenvalue weighted by atomic mass is 9.80. The fraction of sp³-hybridized carbons (Fsp3) is 0.625. The van der Waals surface area contributed by atoms with E-state index in [0.717, 1.165) is 11.8 Å². The number of rotatable bonds is 4. The fourth-order valence-electron chi connectivity index (χ4n) is 2.51. The van der Waals surface area contributed by atoms with E-state index >= 15 is 0 Å². The Kier molecular flexibility index (Phi) is 4.58. The Bertz CT molecular complexity index is 334. The molecule has 1 unspecified atom stereocenters. The molecule has 90 valence electrons. The van der Waals surface area contributed by atoms with Crippen molar-refractivity contribution in [3.05, 3.63) is 34.9 Å². The molecule has 0 saturated heterocycles. The van der Waals surface area contributed by atoms with Crippen molar-refractivity contribution >= 4 is 0 Å². The van der Waals surface area contributed by atoms with Gasteiger partial charge in [0.05, 0.1) is 0 Å². The summed E-state index contributed by atoms with van der Waals surface area (Å²) in [7, 11) is 0. The predicted molar refractivity (Wildman–Crippen MR) is 73.0 cm³/mol. The normalized spacial score (nSPS) is 13.5. The Balaban J connectivity index is 3.01. The second kappa shape index (κ2) is 5.52. The van der Waals surface area contributed by atoms with Gasteiger partial charge in [-0.25, -0.2) is 0 Å². The van der Waals surface area contributed by atoms with E-state index < -0.39 is 0 Å². The van der Waals surface area contributed by atoms with Crippen LogP contribution in [0.25, 0.3) is 0 Å². The molecule has 1 atom stereocenters. The highest BCUT2D eigenvalue weighted by Gasteiger charge is 2.18. The van der Waals surface area contributed by atoms with Crippen molar-refractivity contribution in [3.63, 3.8) is 0 Å². The van der Waals surface area contributed by atoms with Crippen molar-refractivity contribution in [3.8, 4) is 0 Å². The molecule has 0 bridgehead atoms. The van der Waals surface area contributed by atoms with Gasteiger partial charge in [-0.15, -0.1) is 0 Å². The van der Waals surface area contributed by atoms with Crippen molar-refractivity contribution in [2.24, 2.45) is 11.8 Å². The van der Waals surface area contributed by atoms with Crippen LogP contribution in [0, 0.1) is 25.7 Å². The first kappa shape index (κ1) is 13.3. The summed E-state index contributed by atoms with van der Waals surface area (Å²) in [5, 5.41) is 0. The average Bonchev–Trinajstić information content (AvgIpc) is 2.14. The zero-order chi connectivity index (χ0) is 12.3. The standard InChI is InChI=1S/C16H26/c1-11(2)9-16(12(3)4)15-8-7-13(5)10-14(15)6/h7-8,10-12,16H,9H2,1-6H3. The Hall–Kier alpha value is -0.780. The minimum absolute atomic E-state index is 0.709. The summed E-state index contributed by atoms with van der Waals surface area (Å²) in [6.07, 6.45) is 1.29. The molecule has 0 radical (unpaired) electrons. The number of hydrogen-bond acceptors (Lipinski definition) is 0. The maximum absolute atomic E-state index is 2.34. The zero-order valence-electron chi connectivity index (χ0n) is 11.7. The third kappa shape index (κ3) is 3.37. The molecule has 0 heterocycles. The van der Waals surface area contributed by atoms with Crippen LogP contribution in [0.3, 0.4) is 0 Å². The lowest BCUT2D eigenvalue weighted by Crippen LogP contribution is -2.11. The number of benzene rings is 1. The summed E-state index contributed by atoms with van der Waals surface area (Å²) in [5.74, 6) is 2.21. The Morgan fingerprint density at radius 3 is 2.06 bits per heavy atom. The molecule has 0 heteroatoms. The molecule has 1 aromatic carbocycles. The summed E-state index contributed by atoms with van der Waals surface area (Å²) in [6, 6.07) is 6.89. The largest absolute Gasteiger partial charge is 0.0628 e. The highest BCUT2D eigenvalue weighted by atomic mass is 14.2. The summed E-state index contributed by atoms with van der Waals surface area (Å²) >= 11 is 0. The molecule has 0 saturated carbocycles. The van der Waals surface area contributed by atoms with Gasteiger partial charge in [0.15, 0.2) is 0 Å². The van der Waals surface area contributed by atoms with Crippen molar-refractivity contribution in [1.29, 1.82) is 0 Å². The third-order valence-electron chi connectivity index (χ3n) is 3.35. The first-order valence-corrected chi connectivity index (χ1v) is 6.49. The zero-order valence-corrected chi connectivity index (χ0v) is 11.7. The molecular formula is C16H26. The van der Waals surface area contributed by atoms with Gasteiger partial charge in [0.1, 0.15) is 0 Å². The fourth-order valence-corrected chi connectivity index (χ4v) is 2.51. The van der Waals surface area contributed by atoms with Crippen LogP contribution in [-0.4, -0.2) is 0 Å². The highest BCUT2D eigenvalue weighted by molar-refractivity contribution is 5.33. The Labute approximate surface area is 101 Å². The lowest BCUT2D eigenvalue weighted by molar-refractivity contribution is 0.406. The average molecular weight is 218 g/mol. The molecule has 0 aromatic heterocycles. The molecule has 0 aliphatic carbocycles. The van der Waals surface area contributed by atoms with Gasteiger partial charge in [-0.3, -0.25) is 0 Å². The molecule has 0 aliphatic rings. The quantitative estimate of drug-likeness (QED) is 0.660. The van der Waals surface area contributed by atoms with Crippen LogP contribution in [0.1, 0.15) is 56.7 Å². The van der Waals surface area contributed by atoms with Gasteiger partial charge in [-0.05, 0) is 49.1 Å². The van der Waals surface area contributed by atoms with E-state index in [-0.39, 0.29) is 0 Å². The van der Waals surface area contributed by atoms with Gasteiger partial charge in [0, 0.05) is 0 Å². The van der Waals surface area contributed by atoms with Crippen LogP contribution in [0.2, 0.25) is 0 Å². The Morgan fingerprint density at radius 1 is 1.00 bits per heavy atom. The van der Waals surface area contributed by atoms with E-state index in [2.05, 4.69) is 59.7 Å². The van der Waals surface area contributed by atoms with Gasteiger partial charge in [-0.2, -0.15) is 0 Å². The van der Waals surface area contributed by atoms with Gasteiger partial charge in [0.25, 0.3) is 0 Å². The van der Waals surface area contributed by atoms with Crippen molar-refractivity contribution in [2.75, 3.05) is 0 Å². The van der Waals surface area contributed by atoms with Crippen LogP contribution >= 0.6 is 0 Å². The molecule has 0 N–H and O–H groups in total. The molecule has 0 aliphatic heterocycles. The SMILES string of the molecule is Cc1ccc(C(CC(C)C)C(C)C)c(C)c1. The third-order valence-corrected chi connectivity index (χ3v) is 3.35. The number of hydrogen-bond donors (Lipinski definition) is 0. The molecule has 0 nitrogen and oxygen atoms in total. The smallest absolute Gasteiger partial charge is 0.0134 e. The van der Waals surface area contributed by atoms with Crippen LogP contribution in [-0.2, 0) is 0 Å². The maximum Gasteiger partial charge on any atom is -0.0134 e. The summed E-state index contributed by atoms with van der Waals surface area (Å²) in [5.41, 5.74) is 4.38. The van der Waals surface area contributed by atoms with Crippen molar-refractivity contribution in [2.45, 2.75) is 53.9 Å². The molecule has 0 fully saturated rings. The predicted octanol–water partition coefficient (Wildman–Crippen LogP) is 5.09. The van der Waals surface area contributed by atoms with Gasteiger partial charge < -0.3 is 0 Å². The minimum atomic E-state index is 0.709. The van der Waals surface area contributed by atoms with E-state index in [9.17, 15) is 0 Å². The van der Waals surface area contributed by atoms with E-state index in [1.165, 1.54) is 17.5 Å². The van der Waals surface area contributed by atoms with E-state index in [4.69, 9.17) is 0 Å². The summed E-state index contributed by atoms with van der Waals surface area (Å²) in [4.78, 5) is 0. The van der Waals surface area contributed by atoms with Crippen molar-refractivity contribution in [1.82, 2.24) is 0 Å². The molecule has 0 amide bonds. The maximum atomic E-state index is 2.34. The second-order valence-corrected chi connectivity index (χ2v) is 5.84. The van der Waals surface area contributed by atoms with E-state index in [0.29, 0.717) is 5.92 Å². The summed E-state index contributed by atoms with van der Waals surface area (Å²) < 4.78 is 0. The van der Waals surface area contributed by atoms with Gasteiger partial charge >= 0.3 is 0 Å². The topological polar surface area (TPSA) is 0 Å². The van der Waals surface area contributed by atoms with Crippen molar-refractivity contribution < 1.29 is 0 Å². The monoisotopic (exact) mass is 218 g/mol. The van der Waals surface area contributed by atoms with E-state index in [1.807, 2.05) is 0 Å². The Morgan fingerprint density at radius 2 is 1.62 bits per heavy atom. The molecular weight excluding hydrogens is 192 g/mol. The van der Waals surface area contributed by atoms with Gasteiger partial charge in [-0.1, -0.05) is 51.5 Å². The first-order chi connectivity index (χ1) is 7.41. The van der Waals surface area contributed by atoms with Gasteiger partial charge in [0.2, 0.25) is 0 Å². The first-order valence-electron chi connectivity index (χ1n) is 6.49.